The zero-order valence-electron chi connectivity index (χ0n) is 16.6. The van der Waals surface area contributed by atoms with Gasteiger partial charge in [0.05, 0.1) is 15.9 Å². The monoisotopic (exact) mass is 520 g/mol. The smallest absolute Gasteiger partial charge is 0.335 e. The lowest BCUT2D eigenvalue weighted by atomic mass is 9.97. The van der Waals surface area contributed by atoms with Crippen molar-refractivity contribution in [3.05, 3.63) is 27.8 Å². The minimum atomic E-state index is -1.78. The third-order valence-electron chi connectivity index (χ3n) is 5.41. The molecule has 4 rings (SSSR count). The van der Waals surface area contributed by atoms with Crippen molar-refractivity contribution in [2.75, 3.05) is 0 Å². The van der Waals surface area contributed by atoms with Crippen molar-refractivity contribution >= 4 is 44.4 Å². The third-order valence-corrected chi connectivity index (χ3v) is 6.69. The van der Waals surface area contributed by atoms with Crippen LogP contribution in [0.1, 0.15) is 32.1 Å². The number of rotatable bonds is 3. The van der Waals surface area contributed by atoms with Crippen LogP contribution < -0.4 is 10.5 Å². The zero-order chi connectivity index (χ0) is 22.7. The van der Waals surface area contributed by atoms with Gasteiger partial charge in [0.15, 0.2) is 6.10 Å². The molecular formula is C20H26BrClN2O7. The van der Waals surface area contributed by atoms with Crippen LogP contribution in [0.2, 0.25) is 5.02 Å². The number of carboxylic acids is 1. The second kappa shape index (κ2) is 10.5. The molecule has 2 aromatic rings. The molecule has 1 saturated heterocycles. The van der Waals surface area contributed by atoms with Gasteiger partial charge < -0.3 is 40.6 Å². The highest BCUT2D eigenvalue weighted by Gasteiger charge is 2.48. The Hall–Kier alpha value is -1.40. The van der Waals surface area contributed by atoms with Crippen molar-refractivity contribution in [3.63, 3.8) is 0 Å². The maximum Gasteiger partial charge on any atom is 0.335 e. The minimum Gasteiger partial charge on any atom is -0.479 e. The number of aliphatic hydroxyl groups excluding tert-OH is 3. The van der Waals surface area contributed by atoms with Crippen molar-refractivity contribution in [2.45, 2.75) is 68.9 Å². The molecule has 31 heavy (non-hydrogen) atoms. The predicted octanol–water partition coefficient (Wildman–Crippen LogP) is 2.13. The Kier molecular flexibility index (Phi) is 8.19. The van der Waals surface area contributed by atoms with Crippen LogP contribution in [0.5, 0.6) is 5.75 Å². The number of carboxylic acid groups (broad SMARTS) is 1. The van der Waals surface area contributed by atoms with E-state index in [-0.39, 0.29) is 5.75 Å². The SMILES string of the molecule is NC1CCCCC1.O=C(O)[C@@H]1O[C@@H](Oc2c[nH]c3ccc(Br)c(Cl)c23)[C@@H](O)[C@@H](O)[C@@H]1O. The number of nitrogens with two attached hydrogens (primary N) is 1. The van der Waals surface area contributed by atoms with Gasteiger partial charge in [0.25, 0.3) is 0 Å². The van der Waals surface area contributed by atoms with E-state index in [1.165, 1.54) is 38.3 Å². The number of aromatic nitrogens is 1. The van der Waals surface area contributed by atoms with Gasteiger partial charge in [0.2, 0.25) is 6.29 Å². The highest BCUT2D eigenvalue weighted by molar-refractivity contribution is 9.10. The van der Waals surface area contributed by atoms with Gasteiger partial charge in [-0.05, 0) is 40.9 Å². The Morgan fingerprint density at radius 3 is 2.42 bits per heavy atom. The number of aliphatic carboxylic acids is 1. The van der Waals surface area contributed by atoms with Gasteiger partial charge >= 0.3 is 5.97 Å². The Labute approximate surface area is 192 Å². The Morgan fingerprint density at radius 2 is 1.84 bits per heavy atom. The fourth-order valence-electron chi connectivity index (χ4n) is 3.63. The van der Waals surface area contributed by atoms with Gasteiger partial charge in [-0.2, -0.15) is 0 Å². The van der Waals surface area contributed by atoms with E-state index in [2.05, 4.69) is 20.9 Å². The van der Waals surface area contributed by atoms with Crippen LogP contribution in [0.3, 0.4) is 0 Å². The summed E-state index contributed by atoms with van der Waals surface area (Å²) in [5, 5.41) is 39.4. The van der Waals surface area contributed by atoms with Crippen molar-refractivity contribution in [1.29, 1.82) is 0 Å². The molecular weight excluding hydrogens is 496 g/mol. The molecule has 0 spiro atoms. The standard InChI is InChI=1S/C14H13BrClNO7.C6H13N/c15-4-1-2-5-7(8(4)16)6(3-17-5)23-14-11(20)9(18)10(19)12(24-14)13(21)22;7-6-4-2-1-3-5-6/h1-3,9-12,14,17-20H,(H,21,22);6H,1-5,7H2/t9-,10-,11-,12+,14+;/m0./s1. The molecule has 1 aromatic carbocycles. The number of aromatic amines is 1. The molecule has 11 heteroatoms. The van der Waals surface area contributed by atoms with Crippen LogP contribution in [0.15, 0.2) is 22.8 Å². The van der Waals surface area contributed by atoms with Crippen molar-refractivity contribution in [2.24, 2.45) is 5.73 Å². The number of fused-ring (bicyclic) bond motifs is 1. The quantitative estimate of drug-likeness (QED) is 0.358. The van der Waals surface area contributed by atoms with E-state index >= 15 is 0 Å². The van der Waals surface area contributed by atoms with E-state index in [0.717, 1.165) is 0 Å². The fourth-order valence-corrected chi connectivity index (χ4v) is 4.22. The number of carbonyl (C=O) groups is 1. The minimum absolute atomic E-state index is 0.202. The molecule has 2 aliphatic rings. The number of hydrogen-bond donors (Lipinski definition) is 6. The number of halogens is 2. The van der Waals surface area contributed by atoms with E-state index in [4.69, 9.17) is 31.9 Å². The molecule has 1 saturated carbocycles. The Balaban J connectivity index is 0.000000330. The van der Waals surface area contributed by atoms with Crippen LogP contribution in [-0.4, -0.2) is 68.1 Å². The van der Waals surface area contributed by atoms with Gasteiger partial charge in [-0.1, -0.05) is 30.9 Å². The summed E-state index contributed by atoms with van der Waals surface area (Å²) in [5.41, 5.74) is 6.29. The summed E-state index contributed by atoms with van der Waals surface area (Å²) in [6.07, 6.45) is -0.274. The molecule has 0 unspecified atom stereocenters. The summed E-state index contributed by atoms with van der Waals surface area (Å²) in [4.78, 5) is 14.0. The number of benzene rings is 1. The first kappa shape index (κ1) is 24.2. The van der Waals surface area contributed by atoms with Gasteiger partial charge in [-0.25, -0.2) is 4.79 Å². The summed E-state index contributed by atoms with van der Waals surface area (Å²) in [5.74, 6) is -1.28. The second-order valence-electron chi connectivity index (χ2n) is 7.69. The number of nitrogens with one attached hydrogen (secondary N) is 1. The normalized spacial score (nSPS) is 29.3. The lowest BCUT2D eigenvalue weighted by molar-refractivity contribution is -0.270. The summed E-state index contributed by atoms with van der Waals surface area (Å²) in [6, 6.07) is 4.01. The molecule has 2 heterocycles. The topological polar surface area (TPSA) is 158 Å². The van der Waals surface area contributed by atoms with E-state index in [0.29, 0.717) is 26.4 Å². The van der Waals surface area contributed by atoms with E-state index in [1.54, 1.807) is 12.1 Å². The third kappa shape index (κ3) is 5.51. The summed E-state index contributed by atoms with van der Waals surface area (Å²) in [6.45, 7) is 0. The maximum absolute atomic E-state index is 11.1. The van der Waals surface area contributed by atoms with Gasteiger partial charge in [0, 0.05) is 16.7 Å². The first-order chi connectivity index (χ1) is 14.7. The van der Waals surface area contributed by atoms with E-state index in [9.17, 15) is 20.1 Å². The average Bonchev–Trinajstić information content (AvgIpc) is 3.15. The molecule has 0 amide bonds. The first-order valence-corrected chi connectivity index (χ1v) is 11.2. The fraction of sp³-hybridized carbons (Fsp3) is 0.550. The number of H-pyrrole nitrogens is 1. The molecule has 9 nitrogen and oxygen atoms in total. The highest BCUT2D eigenvalue weighted by atomic mass is 79.9. The van der Waals surface area contributed by atoms with Crippen molar-refractivity contribution in [3.8, 4) is 5.75 Å². The average molecular weight is 522 g/mol. The Morgan fingerprint density at radius 1 is 1.16 bits per heavy atom. The Bertz CT molecular complexity index is 905. The number of hydrogen-bond acceptors (Lipinski definition) is 7. The molecule has 0 radical (unpaired) electrons. The van der Waals surface area contributed by atoms with Crippen LogP contribution in [-0.2, 0) is 9.53 Å². The summed E-state index contributed by atoms with van der Waals surface area (Å²) >= 11 is 9.51. The highest BCUT2D eigenvalue weighted by Crippen LogP contribution is 2.38. The molecule has 172 valence electrons. The van der Waals surface area contributed by atoms with E-state index in [1.807, 2.05) is 0 Å². The molecule has 5 atom stereocenters. The molecule has 1 aliphatic heterocycles. The number of ether oxygens (including phenoxy) is 2. The predicted molar refractivity (Wildman–Crippen MR) is 117 cm³/mol. The molecule has 7 N–H and O–H groups in total. The summed E-state index contributed by atoms with van der Waals surface area (Å²) < 4.78 is 11.2. The molecule has 1 aliphatic carbocycles. The zero-order valence-corrected chi connectivity index (χ0v) is 18.9. The van der Waals surface area contributed by atoms with E-state index < -0.39 is 36.7 Å². The van der Waals surface area contributed by atoms with Gasteiger partial charge in [0.1, 0.15) is 24.1 Å². The van der Waals surface area contributed by atoms with Crippen molar-refractivity contribution in [1.82, 2.24) is 4.98 Å². The first-order valence-electron chi connectivity index (χ1n) is 10.0. The van der Waals surface area contributed by atoms with Crippen LogP contribution in [0, 0.1) is 0 Å². The molecule has 0 bridgehead atoms. The summed E-state index contributed by atoms with van der Waals surface area (Å²) in [7, 11) is 0. The largest absolute Gasteiger partial charge is 0.479 e. The molecule has 2 fully saturated rings. The second-order valence-corrected chi connectivity index (χ2v) is 8.92. The lowest BCUT2D eigenvalue weighted by Crippen LogP contribution is -2.61. The van der Waals surface area contributed by atoms with Crippen molar-refractivity contribution < 1.29 is 34.7 Å². The van der Waals surface area contributed by atoms with Gasteiger partial charge in [-0.15, -0.1) is 0 Å². The van der Waals surface area contributed by atoms with Crippen LogP contribution in [0.4, 0.5) is 0 Å². The van der Waals surface area contributed by atoms with Crippen LogP contribution in [0.25, 0.3) is 10.9 Å². The number of aliphatic hydroxyl groups is 3. The molecule has 1 aromatic heterocycles. The van der Waals surface area contributed by atoms with Gasteiger partial charge in [-0.3, -0.25) is 0 Å². The maximum atomic E-state index is 11.1. The lowest BCUT2D eigenvalue weighted by Gasteiger charge is -2.38. The van der Waals surface area contributed by atoms with Crippen LogP contribution >= 0.6 is 27.5 Å².